The number of anilines is 3. The Morgan fingerprint density at radius 3 is 2.29 bits per heavy atom. The van der Waals surface area contributed by atoms with E-state index in [9.17, 15) is 43.5 Å². The summed E-state index contributed by atoms with van der Waals surface area (Å²) in [5.41, 5.74) is 3.51. The molecular weight excluding hydrogens is 1230 g/mol. The number of aliphatic hydroxyl groups is 1. The highest BCUT2D eigenvalue weighted by molar-refractivity contribution is 9.10. The van der Waals surface area contributed by atoms with Gasteiger partial charge in [0.15, 0.2) is 12.0 Å². The lowest BCUT2D eigenvalue weighted by atomic mass is 9.83. The van der Waals surface area contributed by atoms with Crippen LogP contribution in [0.4, 0.5) is 31.4 Å². The molecule has 23 nitrogen and oxygen atoms in total. The number of urea groups is 1. The highest BCUT2D eigenvalue weighted by atomic mass is 79.9. The van der Waals surface area contributed by atoms with Crippen LogP contribution in [0.25, 0.3) is 0 Å². The molecule has 3 aliphatic rings. The van der Waals surface area contributed by atoms with E-state index in [4.69, 9.17) is 45.8 Å². The van der Waals surface area contributed by atoms with Crippen LogP contribution in [0.1, 0.15) is 92.1 Å². The predicted molar refractivity (Wildman–Crippen MR) is 319 cm³/mol. The summed E-state index contributed by atoms with van der Waals surface area (Å²) >= 11 is 13.5. The molecule has 0 saturated carbocycles. The average molecular weight is 1310 g/mol. The summed E-state index contributed by atoms with van der Waals surface area (Å²) in [4.78, 5) is 106. The summed E-state index contributed by atoms with van der Waals surface area (Å²) < 4.78 is 35.4. The van der Waals surface area contributed by atoms with Crippen LogP contribution in [-0.4, -0.2) is 158 Å². The second kappa shape index (κ2) is 30.9. The van der Waals surface area contributed by atoms with Crippen LogP contribution in [0.2, 0.25) is 5.02 Å². The third kappa shape index (κ3) is 18.7. The summed E-state index contributed by atoms with van der Waals surface area (Å²) in [6.45, 7) is 10.9. The van der Waals surface area contributed by atoms with Gasteiger partial charge >= 0.3 is 18.2 Å². The SMILES string of the molecule is COc1cc2cc(c1Cl)N(C)C(=O)C[C@H](OC(=O)Nc1ccc(NC(=O)[C@H](CCCNC(N)=O)NC(=O)[C@@H](NC(C=O)CCCC(C)OC(C=O)(CBr)CBr)C(C)C)cc1)[C@]1(C)O[C@H]1[C@H](C)[C@@H]1C[C@@](O)(NC(=O)O1)[C@H](OC)/C=C/C=C(\C)C2. The zero-order chi connectivity index (χ0) is 61.4. The van der Waals surface area contributed by atoms with Crippen LogP contribution in [0.5, 0.6) is 5.75 Å². The van der Waals surface area contributed by atoms with E-state index >= 15 is 0 Å². The second-order valence-electron chi connectivity index (χ2n) is 21.8. The molecular formula is C57H79Br2ClN8O15. The van der Waals surface area contributed by atoms with E-state index in [0.717, 1.165) is 23.7 Å². The zero-order valence-corrected chi connectivity index (χ0v) is 52.2. The highest BCUT2D eigenvalue weighted by Crippen LogP contribution is 2.49. The number of carbonyl (C=O) groups is 8. The molecule has 0 aliphatic carbocycles. The molecule has 458 valence electrons. The fourth-order valence-corrected chi connectivity index (χ4v) is 11.8. The topological polar surface area (TPSA) is 317 Å². The molecule has 3 aliphatic heterocycles. The number of carbonyl (C=O) groups excluding carboxylic acids is 8. The number of nitrogens with two attached hydrogens (primary N) is 1. The van der Waals surface area contributed by atoms with Crippen molar-refractivity contribution >= 4 is 109 Å². The minimum Gasteiger partial charge on any atom is -0.495 e. The van der Waals surface area contributed by atoms with Crippen molar-refractivity contribution in [2.24, 2.45) is 17.6 Å². The third-order valence-corrected chi connectivity index (χ3v) is 17.2. The molecule has 26 heteroatoms. The van der Waals surface area contributed by atoms with E-state index in [2.05, 4.69) is 63.8 Å². The van der Waals surface area contributed by atoms with Crippen molar-refractivity contribution in [1.29, 1.82) is 0 Å². The smallest absolute Gasteiger partial charge is 0.412 e. The van der Waals surface area contributed by atoms with E-state index in [-0.39, 0.29) is 54.2 Å². The van der Waals surface area contributed by atoms with Gasteiger partial charge in [0, 0.05) is 55.1 Å². The summed E-state index contributed by atoms with van der Waals surface area (Å²) in [5.74, 6) is -2.26. The van der Waals surface area contributed by atoms with Crippen LogP contribution in [0, 0.1) is 11.8 Å². The van der Waals surface area contributed by atoms with E-state index in [0.29, 0.717) is 47.8 Å². The van der Waals surface area contributed by atoms with Gasteiger partial charge in [-0.15, -0.1) is 0 Å². The summed E-state index contributed by atoms with van der Waals surface area (Å²) in [7, 11) is 4.41. The lowest BCUT2D eigenvalue weighted by Crippen LogP contribution is -2.63. The van der Waals surface area contributed by atoms with Gasteiger partial charge in [0.1, 0.15) is 52.6 Å². The molecule has 9 N–H and O–H groups in total. The number of alkyl carbamates (subject to hydrolysis) is 1. The van der Waals surface area contributed by atoms with Gasteiger partial charge < -0.3 is 69.7 Å². The van der Waals surface area contributed by atoms with Crippen LogP contribution in [0.3, 0.4) is 0 Å². The van der Waals surface area contributed by atoms with Gasteiger partial charge in [0.05, 0.1) is 43.5 Å². The number of allylic oxidation sites excluding steroid dienone is 3. The van der Waals surface area contributed by atoms with Gasteiger partial charge in [-0.2, -0.15) is 0 Å². The van der Waals surface area contributed by atoms with Crippen molar-refractivity contribution in [3.05, 3.63) is 70.8 Å². The van der Waals surface area contributed by atoms with Crippen molar-refractivity contribution in [2.45, 2.75) is 158 Å². The zero-order valence-electron chi connectivity index (χ0n) is 48.2. The van der Waals surface area contributed by atoms with Crippen molar-refractivity contribution in [3.63, 3.8) is 0 Å². The molecule has 0 radical (unpaired) electrons. The molecule has 0 aromatic heterocycles. The summed E-state index contributed by atoms with van der Waals surface area (Å²) in [5, 5.41) is 29.1. The Morgan fingerprint density at radius 1 is 1.01 bits per heavy atom. The van der Waals surface area contributed by atoms with Crippen molar-refractivity contribution in [3.8, 4) is 5.75 Å². The Hall–Kier alpha value is -5.67. The Labute approximate surface area is 506 Å². The number of hydrogen-bond acceptors (Lipinski definition) is 16. The van der Waals surface area contributed by atoms with E-state index in [1.165, 1.54) is 50.4 Å². The minimum atomic E-state index is -1.90. The van der Waals surface area contributed by atoms with Crippen molar-refractivity contribution in [2.75, 3.05) is 54.0 Å². The number of ether oxygens (including phenoxy) is 6. The lowest BCUT2D eigenvalue weighted by Gasteiger charge is -2.42. The molecule has 2 aromatic rings. The van der Waals surface area contributed by atoms with Crippen molar-refractivity contribution < 1.29 is 71.9 Å². The molecule has 0 spiro atoms. The number of alkyl halides is 2. The number of benzene rings is 2. The Bertz CT molecular complexity index is 2680. The van der Waals surface area contributed by atoms with Crippen LogP contribution in [-0.2, 0) is 54.1 Å². The number of methoxy groups -OCH3 is 2. The number of nitrogens with one attached hydrogen (secondary N) is 6. The molecule has 4 bridgehead atoms. The average Bonchev–Trinajstić information content (AvgIpc) is 3.19. The lowest BCUT2D eigenvalue weighted by molar-refractivity contribution is -0.142. The monoisotopic (exact) mass is 1310 g/mol. The number of nitrogens with zero attached hydrogens (tertiary/aromatic N) is 1. The highest BCUT2D eigenvalue weighted by Gasteiger charge is 2.64. The number of primary amides is 1. The largest absolute Gasteiger partial charge is 0.495 e. The Morgan fingerprint density at radius 2 is 1.69 bits per heavy atom. The number of fused-ring (bicyclic) bond motifs is 5. The predicted octanol–water partition coefficient (Wildman–Crippen LogP) is 6.73. The number of aldehydes is 2. The maximum atomic E-state index is 14.4. The van der Waals surface area contributed by atoms with Crippen molar-refractivity contribution in [1.82, 2.24) is 21.3 Å². The first-order valence-electron chi connectivity index (χ1n) is 27.4. The molecule has 2 saturated heterocycles. The fourth-order valence-electron chi connectivity index (χ4n) is 10.1. The normalized spacial score (nSPS) is 25.3. The Balaban J connectivity index is 1.32. The van der Waals surface area contributed by atoms with E-state index in [1.807, 2.05) is 19.9 Å². The second-order valence-corrected chi connectivity index (χ2v) is 23.3. The quantitative estimate of drug-likeness (QED) is 0.0221. The maximum absolute atomic E-state index is 14.4. The van der Waals surface area contributed by atoms with Crippen LogP contribution < -0.4 is 47.3 Å². The first-order valence-corrected chi connectivity index (χ1v) is 30.0. The maximum Gasteiger partial charge on any atom is 0.412 e. The number of epoxide rings is 1. The number of hydrogen-bond donors (Lipinski definition) is 8. The molecule has 2 unspecified atom stereocenters. The van der Waals surface area contributed by atoms with Gasteiger partial charge in [0.2, 0.25) is 17.7 Å². The van der Waals surface area contributed by atoms with Crippen LogP contribution in [0.15, 0.2) is 60.2 Å². The van der Waals surface area contributed by atoms with E-state index < -0.39 is 108 Å². The first-order chi connectivity index (χ1) is 39.3. The van der Waals surface area contributed by atoms with Gasteiger partial charge in [-0.1, -0.05) is 88.0 Å². The number of amides is 7. The first kappa shape index (κ1) is 68.1. The van der Waals surface area contributed by atoms with Crippen LogP contribution >= 0.6 is 43.5 Å². The van der Waals surface area contributed by atoms with Gasteiger partial charge in [-0.3, -0.25) is 30.3 Å². The molecule has 7 amide bonds. The molecule has 3 heterocycles. The standard InChI is InChI=1S/C57H79Br2ClN8O15/c1-32(2)48(63-39(28-69)15-11-14-34(4)82-56(29-58,30-59)31-70)51(73)66-40(16-12-22-62-52(61)74)50(72)64-37-18-20-38(21-19-37)65-53(75)81-45-26-46(71)68(7)41-24-36(25-42(78-8)47(41)60)23-33(3)13-10-17-44(79-9)57(77)27-43(80-54(76)67-57)35(5)49-55(45,6)83-49/h10,13,17-21,24-25,28,31-32,34-35,39-40,43-45,48-49,63,77H,11-12,14-16,22-23,26-27,29-30H2,1-9H3,(H,64,72)(H,65,75)(H,66,73)(H,67,76)(H3,61,62,74)/b17-10+,33-13+/t34?,35-,39?,40+,43+,44-,45+,48+,49+,55+,57+/m1/s1. The third-order valence-electron chi connectivity index (χ3n) is 14.9. The molecule has 2 fully saturated rings. The number of halogens is 3. The molecule has 2 aromatic carbocycles. The Kier molecular flexibility index (Phi) is 25.4. The van der Waals surface area contributed by atoms with Gasteiger partial charge in [-0.25, -0.2) is 14.4 Å². The summed E-state index contributed by atoms with van der Waals surface area (Å²) in [6.07, 6.45) is 2.22. The minimum absolute atomic E-state index is 0.0813. The molecule has 11 atom stereocenters. The number of rotatable bonds is 25. The molecule has 5 rings (SSSR count). The fraction of sp³-hybridized carbons (Fsp3) is 0.579. The van der Waals surface area contributed by atoms with E-state index in [1.54, 1.807) is 52.0 Å². The van der Waals surface area contributed by atoms with Gasteiger partial charge in [-0.05, 0) is 107 Å². The molecule has 83 heavy (non-hydrogen) atoms. The summed E-state index contributed by atoms with van der Waals surface area (Å²) in [6, 6.07) is 6.03. The van der Waals surface area contributed by atoms with Gasteiger partial charge in [0.25, 0.3) is 0 Å².